The SMILES string of the molecule is CC(=O)NCC(=O)N[C@@H](CCCN=C(N)N)C(=O)N1CCC[C@H]1C(=O)N[C@@H](C)C(=O)Nc1ccc(C(=O)N[C@H](C(=O)N[C@@H](Cc2ccccc2)C(=O)NCc2ccccc2)C(C)C)cc1. The monoisotopic (exact) mass is 895 g/mol. The van der Waals surface area contributed by atoms with Crippen LogP contribution in [0.3, 0.4) is 0 Å². The maximum Gasteiger partial charge on any atom is 0.251 e. The minimum absolute atomic E-state index is 0.122. The van der Waals surface area contributed by atoms with E-state index in [0.717, 1.165) is 11.1 Å². The second kappa shape index (κ2) is 25.1. The number of hydrogen-bond donors (Lipinski definition) is 9. The van der Waals surface area contributed by atoms with Crippen LogP contribution in [-0.2, 0) is 46.5 Å². The first-order valence-electron chi connectivity index (χ1n) is 21.6. The van der Waals surface area contributed by atoms with Gasteiger partial charge in [-0.15, -0.1) is 0 Å². The Labute approximate surface area is 378 Å². The minimum Gasteiger partial charge on any atom is -0.370 e. The van der Waals surface area contributed by atoms with Gasteiger partial charge in [0.2, 0.25) is 41.4 Å². The summed E-state index contributed by atoms with van der Waals surface area (Å²) in [7, 11) is 0. The summed E-state index contributed by atoms with van der Waals surface area (Å²) >= 11 is 0. The Balaban J connectivity index is 1.34. The number of benzene rings is 3. The van der Waals surface area contributed by atoms with E-state index in [4.69, 9.17) is 11.5 Å². The normalized spacial score (nSPS) is 15.0. The molecule has 3 aromatic rings. The van der Waals surface area contributed by atoms with E-state index in [1.807, 2.05) is 60.7 Å². The molecule has 19 heteroatoms. The first kappa shape index (κ1) is 50.3. The second-order valence-electron chi connectivity index (χ2n) is 16.1. The second-order valence-corrected chi connectivity index (χ2v) is 16.1. The number of aliphatic imine (C=N–C) groups is 1. The molecule has 65 heavy (non-hydrogen) atoms. The number of nitrogens with one attached hydrogen (secondary N) is 7. The Morgan fingerprint density at radius 3 is 2.00 bits per heavy atom. The van der Waals surface area contributed by atoms with Gasteiger partial charge in [0.15, 0.2) is 5.96 Å². The van der Waals surface area contributed by atoms with Crippen LogP contribution < -0.4 is 48.7 Å². The molecule has 348 valence electrons. The molecular weight excluding hydrogens is 835 g/mol. The van der Waals surface area contributed by atoms with Gasteiger partial charge in [0.25, 0.3) is 5.91 Å². The van der Waals surface area contributed by atoms with Crippen molar-refractivity contribution < 1.29 is 38.4 Å². The maximum absolute atomic E-state index is 13.7. The van der Waals surface area contributed by atoms with Crippen molar-refractivity contribution >= 4 is 58.9 Å². The lowest BCUT2D eigenvalue weighted by atomic mass is 10.0. The molecule has 3 aromatic carbocycles. The van der Waals surface area contributed by atoms with Crippen molar-refractivity contribution in [3.05, 3.63) is 102 Å². The summed E-state index contributed by atoms with van der Waals surface area (Å²) < 4.78 is 0. The van der Waals surface area contributed by atoms with Gasteiger partial charge in [-0.05, 0) is 73.9 Å². The molecule has 1 heterocycles. The number of anilines is 1. The predicted molar refractivity (Wildman–Crippen MR) is 244 cm³/mol. The van der Waals surface area contributed by atoms with Crippen LogP contribution in [0.1, 0.15) is 74.9 Å². The fourth-order valence-electron chi connectivity index (χ4n) is 7.03. The summed E-state index contributed by atoms with van der Waals surface area (Å²) in [5.74, 6) is -4.56. The van der Waals surface area contributed by atoms with Gasteiger partial charge in [-0.1, -0.05) is 74.5 Å². The Kier molecular flexibility index (Phi) is 19.4. The van der Waals surface area contributed by atoms with Crippen LogP contribution in [0.2, 0.25) is 0 Å². The summed E-state index contributed by atoms with van der Waals surface area (Å²) in [5, 5.41) is 18.9. The Morgan fingerprint density at radius 1 is 0.738 bits per heavy atom. The van der Waals surface area contributed by atoms with E-state index in [1.165, 1.54) is 43.0 Å². The van der Waals surface area contributed by atoms with Crippen LogP contribution in [0, 0.1) is 5.92 Å². The quantitative estimate of drug-likeness (QED) is 0.0385. The molecule has 1 fully saturated rings. The summed E-state index contributed by atoms with van der Waals surface area (Å²) in [6, 6.07) is 19.8. The number of nitrogens with zero attached hydrogens (tertiary/aromatic N) is 2. The average molecular weight is 896 g/mol. The third-order valence-electron chi connectivity index (χ3n) is 10.5. The zero-order valence-corrected chi connectivity index (χ0v) is 37.2. The lowest BCUT2D eigenvalue weighted by Crippen LogP contribution is -2.56. The summed E-state index contributed by atoms with van der Waals surface area (Å²) in [5.41, 5.74) is 13.1. The van der Waals surface area contributed by atoms with Crippen molar-refractivity contribution in [2.75, 3.05) is 25.0 Å². The first-order valence-corrected chi connectivity index (χ1v) is 21.6. The van der Waals surface area contributed by atoms with Crippen LogP contribution in [0.25, 0.3) is 0 Å². The third kappa shape index (κ3) is 16.4. The van der Waals surface area contributed by atoms with E-state index in [1.54, 1.807) is 13.8 Å². The van der Waals surface area contributed by atoms with E-state index in [0.29, 0.717) is 24.9 Å². The Bertz CT molecular complexity index is 2150. The molecule has 0 unspecified atom stereocenters. The molecule has 5 atom stereocenters. The Hall–Kier alpha value is -7.31. The van der Waals surface area contributed by atoms with E-state index < -0.39 is 71.6 Å². The highest BCUT2D eigenvalue weighted by atomic mass is 16.2. The van der Waals surface area contributed by atoms with Crippen molar-refractivity contribution in [1.82, 2.24) is 36.8 Å². The van der Waals surface area contributed by atoms with Gasteiger partial charge in [0, 0.05) is 44.2 Å². The fraction of sp³-hybridized carbons (Fsp3) is 0.413. The molecule has 0 spiro atoms. The molecule has 19 nitrogen and oxygen atoms in total. The highest BCUT2D eigenvalue weighted by Gasteiger charge is 2.38. The molecule has 0 bridgehead atoms. The lowest BCUT2D eigenvalue weighted by molar-refractivity contribution is -0.142. The maximum atomic E-state index is 13.7. The summed E-state index contributed by atoms with van der Waals surface area (Å²) in [6.07, 6.45) is 1.56. The van der Waals surface area contributed by atoms with Gasteiger partial charge >= 0.3 is 0 Å². The van der Waals surface area contributed by atoms with E-state index in [9.17, 15) is 38.4 Å². The zero-order chi connectivity index (χ0) is 47.5. The van der Waals surface area contributed by atoms with Gasteiger partial charge in [-0.2, -0.15) is 0 Å². The molecule has 0 aromatic heterocycles. The van der Waals surface area contributed by atoms with Crippen molar-refractivity contribution in [3.63, 3.8) is 0 Å². The summed E-state index contributed by atoms with van der Waals surface area (Å²) in [6.45, 7) is 6.67. The Morgan fingerprint density at radius 2 is 1.38 bits per heavy atom. The molecule has 0 aliphatic carbocycles. The van der Waals surface area contributed by atoms with Crippen LogP contribution in [0.15, 0.2) is 89.9 Å². The molecule has 1 aliphatic heterocycles. The van der Waals surface area contributed by atoms with Gasteiger partial charge < -0.3 is 53.6 Å². The van der Waals surface area contributed by atoms with Gasteiger partial charge in [-0.3, -0.25) is 43.3 Å². The van der Waals surface area contributed by atoms with Gasteiger partial charge in [-0.25, -0.2) is 0 Å². The first-order chi connectivity index (χ1) is 31.0. The molecule has 0 radical (unpaired) electrons. The molecule has 0 saturated carbocycles. The van der Waals surface area contributed by atoms with Crippen LogP contribution in [-0.4, -0.2) is 108 Å². The van der Waals surface area contributed by atoms with Crippen LogP contribution in [0.5, 0.6) is 0 Å². The zero-order valence-electron chi connectivity index (χ0n) is 37.2. The number of carbonyl (C=O) groups is 8. The van der Waals surface area contributed by atoms with E-state index >= 15 is 0 Å². The highest BCUT2D eigenvalue weighted by Crippen LogP contribution is 2.20. The molecule has 11 N–H and O–H groups in total. The van der Waals surface area contributed by atoms with Gasteiger partial charge in [0.1, 0.15) is 30.2 Å². The number of rotatable bonds is 22. The molecule has 4 rings (SSSR count). The number of guanidine groups is 1. The van der Waals surface area contributed by atoms with Crippen LogP contribution >= 0.6 is 0 Å². The third-order valence-corrected chi connectivity index (χ3v) is 10.5. The molecular formula is C46H61N11O8. The standard InChI is InChI=1S/C46H61N11O8/c1-28(2)39(44(64)55-36(25-31-13-7-5-8-14-31)42(62)51-26-32-15-9-6-10-16-32)56-41(61)33-19-21-34(22-20-33)53-40(60)29(3)52-43(63)37-18-12-24-57(37)45(65)35(17-11-23-49-46(47)48)54-38(59)27-50-30(4)58/h5-10,13-16,19-22,28-29,35-37,39H,11-12,17-18,23-27H2,1-4H3,(H,50,58)(H,51,62)(H,52,63)(H,53,60)(H,54,59)(H,55,64)(H,56,61)(H4,47,48,49)/t29-,35-,36-,37-,39-/m0/s1. The minimum atomic E-state index is -1.03. The van der Waals surface area contributed by atoms with E-state index in [2.05, 4.69) is 42.2 Å². The smallest absolute Gasteiger partial charge is 0.251 e. The molecule has 1 aliphatic rings. The predicted octanol–water partition coefficient (Wildman–Crippen LogP) is 0.594. The number of likely N-dealkylation sites (tertiary alicyclic amines) is 1. The number of amides is 8. The lowest BCUT2D eigenvalue weighted by Gasteiger charge is -2.29. The number of carbonyl (C=O) groups excluding carboxylic acids is 8. The topological polar surface area (TPSA) is 288 Å². The number of nitrogens with two attached hydrogens (primary N) is 2. The van der Waals surface area contributed by atoms with Crippen molar-refractivity contribution in [1.29, 1.82) is 0 Å². The largest absolute Gasteiger partial charge is 0.370 e. The highest BCUT2D eigenvalue weighted by molar-refractivity contribution is 6.01. The molecule has 1 saturated heterocycles. The van der Waals surface area contributed by atoms with Crippen molar-refractivity contribution in [2.45, 2.75) is 96.6 Å². The molecule has 8 amide bonds. The van der Waals surface area contributed by atoms with Crippen LogP contribution in [0.4, 0.5) is 5.69 Å². The average Bonchev–Trinajstić information content (AvgIpc) is 3.78. The van der Waals surface area contributed by atoms with E-state index in [-0.39, 0.29) is 62.4 Å². The summed E-state index contributed by atoms with van der Waals surface area (Å²) in [4.78, 5) is 110. The number of hydrogen-bond acceptors (Lipinski definition) is 9. The van der Waals surface area contributed by atoms with Gasteiger partial charge in [0.05, 0.1) is 6.54 Å². The van der Waals surface area contributed by atoms with Crippen molar-refractivity contribution in [3.8, 4) is 0 Å². The fourth-order valence-corrected chi connectivity index (χ4v) is 7.03. The van der Waals surface area contributed by atoms with Crippen molar-refractivity contribution in [2.24, 2.45) is 22.4 Å².